The zero-order chi connectivity index (χ0) is 15.3. The molecule has 0 spiro atoms. The summed E-state index contributed by atoms with van der Waals surface area (Å²) in [4.78, 5) is 11.0. The number of hydrogen-bond donors (Lipinski definition) is 1. The molecule has 112 valence electrons. The molecule has 2 aromatic rings. The Morgan fingerprint density at radius 3 is 2.43 bits per heavy atom. The lowest BCUT2D eigenvalue weighted by molar-refractivity contribution is 0.629. The van der Waals surface area contributed by atoms with Gasteiger partial charge in [-0.05, 0) is 33.3 Å². The molecule has 4 heteroatoms. The average molecular weight is 284 g/mol. The second-order valence-corrected chi connectivity index (χ2v) is 6.14. The summed E-state index contributed by atoms with van der Waals surface area (Å²) < 4.78 is 0. The van der Waals surface area contributed by atoms with Gasteiger partial charge < -0.3 is 10.2 Å². The van der Waals surface area contributed by atoms with Crippen LogP contribution in [0.2, 0.25) is 0 Å². The van der Waals surface area contributed by atoms with Crippen molar-refractivity contribution in [3.05, 3.63) is 48.3 Å². The largest absolute Gasteiger partial charge is 0.365 e. The maximum Gasteiger partial charge on any atom is 0.134 e. The summed E-state index contributed by atoms with van der Waals surface area (Å²) in [5.74, 6) is 1.81. The van der Waals surface area contributed by atoms with Crippen LogP contribution in [0.15, 0.2) is 42.7 Å². The van der Waals surface area contributed by atoms with Gasteiger partial charge in [0.25, 0.3) is 0 Å². The van der Waals surface area contributed by atoms with Crippen molar-refractivity contribution >= 4 is 11.6 Å². The van der Waals surface area contributed by atoms with Crippen LogP contribution in [0.1, 0.15) is 33.3 Å². The Morgan fingerprint density at radius 1 is 1.10 bits per heavy atom. The van der Waals surface area contributed by atoms with Crippen molar-refractivity contribution in [1.82, 2.24) is 9.97 Å². The van der Waals surface area contributed by atoms with Gasteiger partial charge in [-0.1, -0.05) is 30.3 Å². The Labute approximate surface area is 127 Å². The van der Waals surface area contributed by atoms with Crippen LogP contribution in [0.4, 0.5) is 11.6 Å². The summed E-state index contributed by atoms with van der Waals surface area (Å²) >= 11 is 0. The first kappa shape index (κ1) is 15.3. The molecule has 1 N–H and O–H groups in total. The zero-order valence-corrected chi connectivity index (χ0v) is 13.3. The van der Waals surface area contributed by atoms with Crippen LogP contribution in [0, 0.1) is 0 Å². The summed E-state index contributed by atoms with van der Waals surface area (Å²) in [6, 6.07) is 12.5. The molecule has 0 amide bonds. The third-order valence-corrected chi connectivity index (χ3v) is 3.08. The van der Waals surface area contributed by atoms with E-state index in [1.165, 1.54) is 5.56 Å². The molecule has 0 unspecified atom stereocenters. The van der Waals surface area contributed by atoms with Crippen molar-refractivity contribution in [2.45, 2.75) is 39.8 Å². The molecule has 2 rings (SSSR count). The molecule has 0 aliphatic rings. The van der Waals surface area contributed by atoms with Gasteiger partial charge in [0.1, 0.15) is 18.0 Å². The van der Waals surface area contributed by atoms with Gasteiger partial charge in [0, 0.05) is 24.7 Å². The maximum absolute atomic E-state index is 4.41. The van der Waals surface area contributed by atoms with Gasteiger partial charge in [-0.3, -0.25) is 0 Å². The predicted molar refractivity (Wildman–Crippen MR) is 88.6 cm³/mol. The fourth-order valence-electron chi connectivity index (χ4n) is 2.13. The van der Waals surface area contributed by atoms with Crippen molar-refractivity contribution in [3.8, 4) is 0 Å². The van der Waals surface area contributed by atoms with Crippen LogP contribution < -0.4 is 10.2 Å². The first-order chi connectivity index (χ1) is 9.98. The number of benzene rings is 1. The molecule has 1 aromatic carbocycles. The number of rotatable bonds is 5. The van der Waals surface area contributed by atoms with Crippen molar-refractivity contribution in [3.63, 3.8) is 0 Å². The van der Waals surface area contributed by atoms with Crippen molar-refractivity contribution < 1.29 is 0 Å². The molecule has 0 atom stereocenters. The molecule has 0 saturated carbocycles. The van der Waals surface area contributed by atoms with E-state index in [9.17, 15) is 0 Å². The minimum absolute atomic E-state index is 0.0118. The number of nitrogens with zero attached hydrogens (tertiary/aromatic N) is 3. The van der Waals surface area contributed by atoms with Gasteiger partial charge in [-0.2, -0.15) is 0 Å². The molecule has 1 aromatic heterocycles. The fraction of sp³-hybridized carbons (Fsp3) is 0.412. The van der Waals surface area contributed by atoms with Crippen LogP contribution in [0.3, 0.4) is 0 Å². The molecular formula is C17H24N4. The molecule has 0 bridgehead atoms. The summed E-state index contributed by atoms with van der Waals surface area (Å²) in [6.07, 6.45) is 1.62. The Balaban J connectivity index is 2.16. The van der Waals surface area contributed by atoms with E-state index in [-0.39, 0.29) is 5.54 Å². The second kappa shape index (κ2) is 6.57. The van der Waals surface area contributed by atoms with Crippen LogP contribution in [0.25, 0.3) is 0 Å². The van der Waals surface area contributed by atoms with Crippen LogP contribution >= 0.6 is 0 Å². The lowest BCUT2D eigenvalue weighted by Crippen LogP contribution is -2.27. The number of anilines is 2. The first-order valence-corrected chi connectivity index (χ1v) is 7.37. The van der Waals surface area contributed by atoms with Gasteiger partial charge in [0.2, 0.25) is 0 Å². The Kier molecular flexibility index (Phi) is 4.78. The van der Waals surface area contributed by atoms with E-state index >= 15 is 0 Å². The lowest BCUT2D eigenvalue weighted by atomic mass is 10.1. The highest BCUT2D eigenvalue weighted by Gasteiger charge is 2.12. The minimum atomic E-state index is -0.0118. The quantitative estimate of drug-likeness (QED) is 0.908. The Hall–Kier alpha value is -2.10. The van der Waals surface area contributed by atoms with Gasteiger partial charge >= 0.3 is 0 Å². The van der Waals surface area contributed by atoms with Crippen LogP contribution in [-0.2, 0) is 6.54 Å². The average Bonchev–Trinajstić information content (AvgIpc) is 2.44. The third-order valence-electron chi connectivity index (χ3n) is 3.08. The van der Waals surface area contributed by atoms with Gasteiger partial charge in [-0.25, -0.2) is 9.97 Å². The molecule has 0 aliphatic carbocycles. The molecule has 1 heterocycles. The van der Waals surface area contributed by atoms with Crippen molar-refractivity contribution in [2.75, 3.05) is 16.8 Å². The van der Waals surface area contributed by atoms with Crippen molar-refractivity contribution in [1.29, 1.82) is 0 Å². The summed E-state index contributed by atoms with van der Waals surface area (Å²) in [6.45, 7) is 10.3. The van der Waals surface area contributed by atoms with E-state index in [0.717, 1.165) is 24.7 Å². The van der Waals surface area contributed by atoms with E-state index < -0.39 is 0 Å². The molecule has 0 aliphatic heterocycles. The predicted octanol–water partition coefficient (Wildman–Crippen LogP) is 3.71. The monoisotopic (exact) mass is 284 g/mol. The van der Waals surface area contributed by atoms with Gasteiger partial charge in [0.15, 0.2) is 0 Å². The molecule has 0 saturated heterocycles. The fourth-order valence-corrected chi connectivity index (χ4v) is 2.13. The highest BCUT2D eigenvalue weighted by molar-refractivity contribution is 5.49. The molecule has 4 nitrogen and oxygen atoms in total. The molecule has 0 fully saturated rings. The van der Waals surface area contributed by atoms with E-state index in [1.807, 2.05) is 12.1 Å². The smallest absolute Gasteiger partial charge is 0.134 e. The molecule has 0 radical (unpaired) electrons. The van der Waals surface area contributed by atoms with Crippen molar-refractivity contribution in [2.24, 2.45) is 0 Å². The summed E-state index contributed by atoms with van der Waals surface area (Å²) in [5.41, 5.74) is 1.27. The number of nitrogens with one attached hydrogen (secondary N) is 1. The topological polar surface area (TPSA) is 41.0 Å². The Morgan fingerprint density at radius 2 is 1.81 bits per heavy atom. The maximum atomic E-state index is 4.41. The first-order valence-electron chi connectivity index (χ1n) is 7.37. The summed E-state index contributed by atoms with van der Waals surface area (Å²) in [5, 5.41) is 3.39. The Bertz CT molecular complexity index is 561. The van der Waals surface area contributed by atoms with Crippen LogP contribution in [-0.4, -0.2) is 22.1 Å². The standard InChI is InChI=1S/C17H24N4/c1-5-21(12-14-9-7-6-8-10-14)16-11-15(18-13-19-16)20-17(2,3)4/h6-11,13H,5,12H2,1-4H3,(H,18,19,20). The molecule has 21 heavy (non-hydrogen) atoms. The minimum Gasteiger partial charge on any atom is -0.365 e. The van der Waals surface area contributed by atoms with E-state index in [2.05, 4.69) is 72.1 Å². The zero-order valence-electron chi connectivity index (χ0n) is 13.3. The SMILES string of the molecule is CCN(Cc1ccccc1)c1cc(NC(C)(C)C)ncn1. The third kappa shape index (κ3) is 4.74. The highest BCUT2D eigenvalue weighted by atomic mass is 15.2. The lowest BCUT2D eigenvalue weighted by Gasteiger charge is -2.24. The molecular weight excluding hydrogens is 260 g/mol. The summed E-state index contributed by atoms with van der Waals surface area (Å²) in [7, 11) is 0. The normalized spacial score (nSPS) is 11.2. The number of hydrogen-bond acceptors (Lipinski definition) is 4. The van der Waals surface area contributed by atoms with Crippen LogP contribution in [0.5, 0.6) is 0 Å². The number of aromatic nitrogens is 2. The van der Waals surface area contributed by atoms with E-state index in [1.54, 1.807) is 6.33 Å². The van der Waals surface area contributed by atoms with E-state index in [0.29, 0.717) is 0 Å². The van der Waals surface area contributed by atoms with Gasteiger partial charge in [-0.15, -0.1) is 0 Å². The van der Waals surface area contributed by atoms with Gasteiger partial charge in [0.05, 0.1) is 0 Å². The highest BCUT2D eigenvalue weighted by Crippen LogP contribution is 2.19. The van der Waals surface area contributed by atoms with E-state index in [4.69, 9.17) is 0 Å². The second-order valence-electron chi connectivity index (χ2n) is 6.14.